The van der Waals surface area contributed by atoms with Crippen molar-refractivity contribution in [3.63, 3.8) is 0 Å². The van der Waals surface area contributed by atoms with E-state index in [0.29, 0.717) is 18.0 Å². The lowest BCUT2D eigenvalue weighted by molar-refractivity contribution is -0.139. The number of likely N-dealkylation sites (N-methyl/N-ethyl adjacent to an activating group) is 1. The van der Waals surface area contributed by atoms with E-state index in [9.17, 15) is 18.0 Å². The molecule has 0 aliphatic heterocycles. The van der Waals surface area contributed by atoms with Crippen molar-refractivity contribution < 1.29 is 22.7 Å². The molecule has 208 valence electrons. The third kappa shape index (κ3) is 6.97. The molecule has 9 heteroatoms. The van der Waals surface area contributed by atoms with Crippen LogP contribution in [0.15, 0.2) is 71.6 Å². The molecule has 0 bridgehead atoms. The number of rotatable bonds is 11. The van der Waals surface area contributed by atoms with Crippen LogP contribution in [0.2, 0.25) is 0 Å². The van der Waals surface area contributed by atoms with Crippen LogP contribution in [0, 0.1) is 20.8 Å². The van der Waals surface area contributed by atoms with Gasteiger partial charge in [0.15, 0.2) is 0 Å². The smallest absolute Gasteiger partial charge is 0.264 e. The average molecular weight is 552 g/mol. The van der Waals surface area contributed by atoms with Crippen LogP contribution < -0.4 is 14.4 Å². The van der Waals surface area contributed by atoms with E-state index in [4.69, 9.17) is 4.74 Å². The highest BCUT2D eigenvalue weighted by molar-refractivity contribution is 7.92. The first-order valence-electron chi connectivity index (χ1n) is 12.8. The van der Waals surface area contributed by atoms with Crippen LogP contribution in [-0.2, 0) is 26.2 Å². The summed E-state index contributed by atoms with van der Waals surface area (Å²) in [6.07, 6.45) is 0. The number of carbonyl (C=O) groups is 2. The number of hydrogen-bond acceptors (Lipinski definition) is 5. The van der Waals surface area contributed by atoms with Crippen molar-refractivity contribution in [3.05, 3.63) is 89.0 Å². The van der Waals surface area contributed by atoms with Crippen molar-refractivity contribution in [1.29, 1.82) is 0 Å². The van der Waals surface area contributed by atoms with Crippen LogP contribution in [0.5, 0.6) is 5.75 Å². The Morgan fingerprint density at radius 3 is 2.28 bits per heavy atom. The van der Waals surface area contributed by atoms with Gasteiger partial charge in [0.05, 0.1) is 17.7 Å². The zero-order valence-electron chi connectivity index (χ0n) is 23.4. The Hall–Kier alpha value is -3.85. The fourth-order valence-corrected chi connectivity index (χ4v) is 5.70. The average Bonchev–Trinajstić information content (AvgIpc) is 2.92. The largest absolute Gasteiger partial charge is 0.497 e. The van der Waals surface area contributed by atoms with Gasteiger partial charge in [0.25, 0.3) is 10.0 Å². The van der Waals surface area contributed by atoms with Gasteiger partial charge in [0.2, 0.25) is 11.8 Å². The van der Waals surface area contributed by atoms with Crippen molar-refractivity contribution in [1.82, 2.24) is 10.2 Å². The maximum Gasteiger partial charge on any atom is 0.264 e. The van der Waals surface area contributed by atoms with E-state index in [1.165, 1.54) is 4.90 Å². The number of anilines is 1. The summed E-state index contributed by atoms with van der Waals surface area (Å²) in [7, 11) is -2.56. The molecule has 3 rings (SSSR count). The lowest BCUT2D eigenvalue weighted by atomic mass is 10.1. The van der Waals surface area contributed by atoms with Gasteiger partial charge in [-0.05, 0) is 81.6 Å². The van der Waals surface area contributed by atoms with Gasteiger partial charge in [-0.1, -0.05) is 42.0 Å². The number of nitrogens with zero attached hydrogens (tertiary/aromatic N) is 2. The molecule has 0 fully saturated rings. The molecule has 0 unspecified atom stereocenters. The van der Waals surface area contributed by atoms with E-state index in [1.54, 1.807) is 75.6 Å². The molecule has 1 atom stereocenters. The van der Waals surface area contributed by atoms with Crippen LogP contribution in [0.25, 0.3) is 0 Å². The number of benzene rings is 3. The second-order valence-corrected chi connectivity index (χ2v) is 11.3. The SMILES string of the molecule is CCNC(=O)[C@@H](C)N(Cc1cccc(OC)c1)C(=O)CN(c1cccc(C)c1C)S(=O)(=O)c1ccc(C)cc1. The number of hydrogen-bond donors (Lipinski definition) is 1. The summed E-state index contributed by atoms with van der Waals surface area (Å²) < 4.78 is 34.4. The second kappa shape index (κ2) is 12.8. The van der Waals surface area contributed by atoms with Crippen molar-refractivity contribution >= 4 is 27.5 Å². The first-order valence-corrected chi connectivity index (χ1v) is 14.3. The Morgan fingerprint density at radius 1 is 0.974 bits per heavy atom. The molecule has 3 aromatic carbocycles. The van der Waals surface area contributed by atoms with Gasteiger partial charge in [-0.2, -0.15) is 0 Å². The Morgan fingerprint density at radius 2 is 1.64 bits per heavy atom. The minimum absolute atomic E-state index is 0.0814. The van der Waals surface area contributed by atoms with Gasteiger partial charge in [-0.15, -0.1) is 0 Å². The lowest BCUT2D eigenvalue weighted by Gasteiger charge is -2.32. The molecule has 8 nitrogen and oxygen atoms in total. The van der Waals surface area contributed by atoms with Gasteiger partial charge in [-0.25, -0.2) is 8.42 Å². The van der Waals surface area contributed by atoms with Crippen molar-refractivity contribution in [3.8, 4) is 5.75 Å². The van der Waals surface area contributed by atoms with E-state index < -0.39 is 28.5 Å². The zero-order chi connectivity index (χ0) is 28.7. The van der Waals surface area contributed by atoms with Gasteiger partial charge in [-0.3, -0.25) is 13.9 Å². The molecule has 2 amide bonds. The number of aryl methyl sites for hydroxylation is 2. The first kappa shape index (κ1) is 29.7. The summed E-state index contributed by atoms with van der Waals surface area (Å²) in [5, 5.41) is 2.76. The monoisotopic (exact) mass is 551 g/mol. The van der Waals surface area contributed by atoms with Crippen molar-refractivity contribution in [2.75, 3.05) is 24.5 Å². The summed E-state index contributed by atoms with van der Waals surface area (Å²) >= 11 is 0. The van der Waals surface area contributed by atoms with Crippen molar-refractivity contribution in [2.24, 2.45) is 0 Å². The van der Waals surface area contributed by atoms with Crippen LogP contribution in [0.4, 0.5) is 5.69 Å². The minimum atomic E-state index is -4.11. The molecular formula is C30H37N3O5S. The Labute approximate surface area is 231 Å². The molecule has 0 saturated heterocycles. The molecule has 39 heavy (non-hydrogen) atoms. The molecule has 3 aromatic rings. The fourth-order valence-electron chi connectivity index (χ4n) is 4.23. The standard InChI is InChI=1S/C30H37N3O5S/c1-7-31-30(35)24(5)32(19-25-11-9-12-26(18-25)38-6)29(34)20-33(28-13-8-10-22(3)23(28)4)39(36,37)27-16-14-21(2)15-17-27/h8-18,24H,7,19-20H2,1-6H3,(H,31,35)/t24-/m1/s1. The van der Waals surface area contributed by atoms with E-state index in [-0.39, 0.29) is 17.3 Å². The summed E-state index contributed by atoms with van der Waals surface area (Å²) in [4.78, 5) is 28.3. The van der Waals surface area contributed by atoms with Gasteiger partial charge < -0.3 is 15.0 Å². The van der Waals surface area contributed by atoms with Gasteiger partial charge in [0, 0.05) is 13.1 Å². The van der Waals surface area contributed by atoms with Crippen LogP contribution >= 0.6 is 0 Å². The predicted octanol–water partition coefficient (Wildman–Crippen LogP) is 4.37. The number of methoxy groups -OCH3 is 1. The maximum atomic E-state index is 14.0. The van der Waals surface area contributed by atoms with Crippen LogP contribution in [0.1, 0.15) is 36.1 Å². The van der Waals surface area contributed by atoms with E-state index in [1.807, 2.05) is 32.9 Å². The molecule has 0 aliphatic rings. The second-order valence-electron chi connectivity index (χ2n) is 9.49. The number of ether oxygens (including phenoxy) is 1. The number of nitrogens with one attached hydrogen (secondary N) is 1. The highest BCUT2D eigenvalue weighted by Crippen LogP contribution is 2.29. The highest BCUT2D eigenvalue weighted by Gasteiger charge is 2.33. The Kier molecular flexibility index (Phi) is 9.75. The normalized spacial score (nSPS) is 11.9. The first-order chi connectivity index (χ1) is 18.5. The molecule has 0 heterocycles. The number of carbonyl (C=O) groups excluding carboxylic acids is 2. The predicted molar refractivity (Wildman–Crippen MR) is 153 cm³/mol. The van der Waals surface area contributed by atoms with Crippen LogP contribution in [0.3, 0.4) is 0 Å². The van der Waals surface area contributed by atoms with Crippen molar-refractivity contribution in [2.45, 2.75) is 52.1 Å². The van der Waals surface area contributed by atoms with E-state index >= 15 is 0 Å². The fraction of sp³-hybridized carbons (Fsp3) is 0.333. The molecule has 0 radical (unpaired) electrons. The molecular weight excluding hydrogens is 514 g/mol. The zero-order valence-corrected chi connectivity index (χ0v) is 24.2. The summed E-state index contributed by atoms with van der Waals surface area (Å²) in [5.41, 5.74) is 3.73. The van der Waals surface area contributed by atoms with E-state index in [2.05, 4.69) is 5.32 Å². The van der Waals surface area contributed by atoms with Crippen LogP contribution in [-0.4, -0.2) is 51.4 Å². The summed E-state index contributed by atoms with van der Waals surface area (Å²) in [5.74, 6) is -0.217. The third-order valence-electron chi connectivity index (χ3n) is 6.74. The number of sulfonamides is 1. The molecule has 0 saturated carbocycles. The topological polar surface area (TPSA) is 96.0 Å². The summed E-state index contributed by atoms with van der Waals surface area (Å²) in [6, 6.07) is 18.3. The molecule has 0 aromatic heterocycles. The highest BCUT2D eigenvalue weighted by atomic mass is 32.2. The Balaban J connectivity index is 2.08. The molecule has 1 N–H and O–H groups in total. The molecule has 0 aliphatic carbocycles. The maximum absolute atomic E-state index is 14.0. The third-order valence-corrected chi connectivity index (χ3v) is 8.51. The quantitative estimate of drug-likeness (QED) is 0.382. The number of amides is 2. The summed E-state index contributed by atoms with van der Waals surface area (Å²) in [6.45, 7) is 9.06. The van der Waals surface area contributed by atoms with Gasteiger partial charge >= 0.3 is 0 Å². The lowest BCUT2D eigenvalue weighted by Crippen LogP contribution is -2.51. The molecule has 0 spiro atoms. The van der Waals surface area contributed by atoms with Gasteiger partial charge in [0.1, 0.15) is 18.3 Å². The Bertz CT molecular complexity index is 1420. The van der Waals surface area contributed by atoms with E-state index in [0.717, 1.165) is 26.6 Å². The minimum Gasteiger partial charge on any atom is -0.497 e.